The zero-order valence-electron chi connectivity index (χ0n) is 7.95. The topological polar surface area (TPSA) is 9.23 Å². The van der Waals surface area contributed by atoms with Gasteiger partial charge in [-0.25, -0.2) is 0 Å². The quantitative estimate of drug-likeness (QED) is 0.595. The average molecular weight is 209 g/mol. The standard InChI is InChI=1S/C12H13ClO/c13-9-5-3-7-11-12(9)8-4-1-2-6-10(8)14-11/h1-2,4,6,9,11-12H,3,5,7H2. The van der Waals surface area contributed by atoms with Gasteiger partial charge in [0.15, 0.2) is 0 Å². The molecule has 3 atom stereocenters. The maximum atomic E-state index is 6.37. The van der Waals surface area contributed by atoms with E-state index in [1.54, 1.807) is 0 Å². The van der Waals surface area contributed by atoms with E-state index in [9.17, 15) is 0 Å². The summed E-state index contributed by atoms with van der Waals surface area (Å²) in [5.41, 5.74) is 1.32. The summed E-state index contributed by atoms with van der Waals surface area (Å²) in [5.74, 6) is 1.48. The molecule has 0 aromatic heterocycles. The highest BCUT2D eigenvalue weighted by molar-refractivity contribution is 6.21. The molecule has 1 aliphatic heterocycles. The Kier molecular flexibility index (Phi) is 1.94. The highest BCUT2D eigenvalue weighted by Crippen LogP contribution is 2.47. The first-order valence-electron chi connectivity index (χ1n) is 5.26. The molecule has 3 unspecified atom stereocenters. The second-order valence-electron chi connectivity index (χ2n) is 4.17. The third-order valence-electron chi connectivity index (χ3n) is 3.32. The first-order chi connectivity index (χ1) is 6.86. The van der Waals surface area contributed by atoms with Crippen LogP contribution in [-0.2, 0) is 0 Å². The molecule has 1 fully saturated rings. The zero-order chi connectivity index (χ0) is 9.54. The van der Waals surface area contributed by atoms with Gasteiger partial charge in [-0.3, -0.25) is 0 Å². The van der Waals surface area contributed by atoms with Crippen LogP contribution >= 0.6 is 11.6 Å². The molecule has 0 radical (unpaired) electrons. The number of alkyl halides is 1. The van der Waals surface area contributed by atoms with Crippen LogP contribution in [0.1, 0.15) is 30.7 Å². The van der Waals surface area contributed by atoms with Crippen molar-refractivity contribution in [3.8, 4) is 5.75 Å². The molecule has 2 aliphatic rings. The van der Waals surface area contributed by atoms with Crippen LogP contribution in [0.5, 0.6) is 5.75 Å². The number of hydrogen-bond donors (Lipinski definition) is 0. The molecule has 0 bridgehead atoms. The fourth-order valence-electron chi connectivity index (χ4n) is 2.66. The Balaban J connectivity index is 2.03. The first kappa shape index (κ1) is 8.60. The summed E-state index contributed by atoms with van der Waals surface area (Å²) in [6.45, 7) is 0. The third-order valence-corrected chi connectivity index (χ3v) is 3.80. The third kappa shape index (κ3) is 1.15. The lowest BCUT2D eigenvalue weighted by Crippen LogP contribution is -2.30. The Morgan fingerprint density at radius 2 is 2.07 bits per heavy atom. The Morgan fingerprint density at radius 3 is 3.00 bits per heavy atom. The van der Waals surface area contributed by atoms with Crippen LogP contribution in [0.3, 0.4) is 0 Å². The van der Waals surface area contributed by atoms with Crippen molar-refractivity contribution < 1.29 is 4.74 Å². The van der Waals surface area contributed by atoms with Gasteiger partial charge in [0, 0.05) is 16.9 Å². The minimum atomic E-state index is 0.261. The number of halogens is 1. The molecule has 14 heavy (non-hydrogen) atoms. The Morgan fingerprint density at radius 1 is 1.21 bits per heavy atom. The molecule has 74 valence electrons. The first-order valence-corrected chi connectivity index (χ1v) is 5.69. The molecule has 2 heteroatoms. The fourth-order valence-corrected chi connectivity index (χ4v) is 3.11. The van der Waals surface area contributed by atoms with Gasteiger partial charge in [-0.2, -0.15) is 0 Å². The SMILES string of the molecule is ClC1CCCC2Oc3ccccc3C12. The summed E-state index contributed by atoms with van der Waals surface area (Å²) in [4.78, 5) is 0. The van der Waals surface area contributed by atoms with E-state index in [1.807, 2.05) is 6.07 Å². The van der Waals surface area contributed by atoms with Crippen LogP contribution in [0.15, 0.2) is 24.3 Å². The van der Waals surface area contributed by atoms with Gasteiger partial charge in [-0.05, 0) is 25.3 Å². The van der Waals surface area contributed by atoms with Gasteiger partial charge in [0.1, 0.15) is 11.9 Å². The number of fused-ring (bicyclic) bond motifs is 3. The van der Waals surface area contributed by atoms with Crippen molar-refractivity contribution in [2.75, 3.05) is 0 Å². The van der Waals surface area contributed by atoms with Crippen LogP contribution in [0, 0.1) is 0 Å². The normalized spacial score (nSPS) is 34.5. The minimum absolute atomic E-state index is 0.261. The predicted molar refractivity (Wildman–Crippen MR) is 57.1 cm³/mol. The number of para-hydroxylation sites is 1. The van der Waals surface area contributed by atoms with Crippen LogP contribution in [0.4, 0.5) is 0 Å². The number of rotatable bonds is 0. The van der Waals surface area contributed by atoms with E-state index in [0.717, 1.165) is 18.6 Å². The summed E-state index contributed by atoms with van der Waals surface area (Å²) in [7, 11) is 0. The molecule has 0 saturated heterocycles. The Labute approximate surface area is 89.0 Å². The maximum absolute atomic E-state index is 6.37. The smallest absolute Gasteiger partial charge is 0.123 e. The predicted octanol–water partition coefficient (Wildman–Crippen LogP) is 3.32. The van der Waals surface area contributed by atoms with Gasteiger partial charge < -0.3 is 4.74 Å². The summed E-state index contributed by atoms with van der Waals surface area (Å²) in [5, 5.41) is 0.261. The number of hydrogen-bond acceptors (Lipinski definition) is 1. The second-order valence-corrected chi connectivity index (χ2v) is 4.73. The molecule has 1 aromatic rings. The van der Waals surface area contributed by atoms with Crippen molar-refractivity contribution in [1.29, 1.82) is 0 Å². The van der Waals surface area contributed by atoms with Crippen LogP contribution in [0.2, 0.25) is 0 Å². The monoisotopic (exact) mass is 208 g/mol. The molecule has 3 rings (SSSR count). The molecule has 1 nitrogen and oxygen atoms in total. The van der Waals surface area contributed by atoms with E-state index in [4.69, 9.17) is 16.3 Å². The molecule has 0 N–H and O–H groups in total. The van der Waals surface area contributed by atoms with Crippen molar-refractivity contribution in [2.45, 2.75) is 36.7 Å². The minimum Gasteiger partial charge on any atom is -0.489 e. The van der Waals surface area contributed by atoms with Gasteiger partial charge in [0.25, 0.3) is 0 Å². The molecule has 1 aromatic carbocycles. The van der Waals surface area contributed by atoms with E-state index in [2.05, 4.69) is 18.2 Å². The van der Waals surface area contributed by atoms with Crippen LogP contribution in [0.25, 0.3) is 0 Å². The van der Waals surface area contributed by atoms with Crippen LogP contribution < -0.4 is 4.74 Å². The second kappa shape index (κ2) is 3.16. The van der Waals surface area contributed by atoms with Crippen molar-refractivity contribution >= 4 is 11.6 Å². The lowest BCUT2D eigenvalue weighted by molar-refractivity contribution is 0.166. The summed E-state index contributed by atoms with van der Waals surface area (Å²) >= 11 is 6.37. The van der Waals surface area contributed by atoms with Crippen LogP contribution in [-0.4, -0.2) is 11.5 Å². The number of ether oxygens (including phenoxy) is 1. The van der Waals surface area contributed by atoms with E-state index in [-0.39, 0.29) is 5.38 Å². The van der Waals surface area contributed by atoms with Gasteiger partial charge >= 0.3 is 0 Å². The van der Waals surface area contributed by atoms with Crippen molar-refractivity contribution in [1.82, 2.24) is 0 Å². The lowest BCUT2D eigenvalue weighted by atomic mass is 9.83. The molecule has 1 heterocycles. The van der Waals surface area contributed by atoms with Gasteiger partial charge in [-0.15, -0.1) is 11.6 Å². The van der Waals surface area contributed by atoms with Crippen molar-refractivity contribution in [3.05, 3.63) is 29.8 Å². The van der Waals surface area contributed by atoms with Gasteiger partial charge in [0.2, 0.25) is 0 Å². The highest BCUT2D eigenvalue weighted by atomic mass is 35.5. The zero-order valence-corrected chi connectivity index (χ0v) is 8.70. The Bertz CT molecular complexity index is 350. The molecule has 0 amide bonds. The Hall–Kier alpha value is -0.690. The van der Waals surface area contributed by atoms with E-state index < -0.39 is 0 Å². The molecule has 1 aliphatic carbocycles. The fraction of sp³-hybridized carbons (Fsp3) is 0.500. The van der Waals surface area contributed by atoms with Gasteiger partial charge in [0.05, 0.1) is 0 Å². The van der Waals surface area contributed by atoms with Crippen molar-refractivity contribution in [2.24, 2.45) is 0 Å². The van der Waals surface area contributed by atoms with E-state index >= 15 is 0 Å². The largest absolute Gasteiger partial charge is 0.489 e. The molecule has 1 saturated carbocycles. The average Bonchev–Trinajstić information content (AvgIpc) is 2.57. The number of benzene rings is 1. The van der Waals surface area contributed by atoms with E-state index in [1.165, 1.54) is 12.0 Å². The summed E-state index contributed by atoms with van der Waals surface area (Å²) in [6, 6.07) is 8.31. The molecular weight excluding hydrogens is 196 g/mol. The highest BCUT2D eigenvalue weighted by Gasteiger charge is 2.40. The summed E-state index contributed by atoms with van der Waals surface area (Å²) < 4.78 is 5.90. The van der Waals surface area contributed by atoms with E-state index in [0.29, 0.717) is 12.0 Å². The maximum Gasteiger partial charge on any atom is 0.123 e. The van der Waals surface area contributed by atoms with Crippen molar-refractivity contribution in [3.63, 3.8) is 0 Å². The molecule has 0 spiro atoms. The lowest BCUT2D eigenvalue weighted by Gasteiger charge is -2.28. The summed E-state index contributed by atoms with van der Waals surface area (Å²) in [6.07, 6.45) is 3.82. The molecular formula is C12H13ClO. The van der Waals surface area contributed by atoms with Gasteiger partial charge in [-0.1, -0.05) is 18.2 Å².